The Kier molecular flexibility index (Phi) is 10.8. The van der Waals surface area contributed by atoms with Gasteiger partial charge in [-0.3, -0.25) is 9.36 Å². The highest BCUT2D eigenvalue weighted by Crippen LogP contribution is 2.53. The quantitative estimate of drug-likeness (QED) is 0.313. The molecule has 0 saturated heterocycles. The zero-order chi connectivity index (χ0) is 25.1. The van der Waals surface area contributed by atoms with Crippen molar-refractivity contribution >= 4 is 19.4 Å². The van der Waals surface area contributed by atoms with E-state index in [1.54, 1.807) is 31.2 Å². The molecule has 0 radical (unpaired) electrons. The molecular formula is C26H37N2O5P. The van der Waals surface area contributed by atoms with Crippen LogP contribution in [0.3, 0.4) is 0 Å². The number of para-hydroxylation sites is 1. The van der Waals surface area contributed by atoms with Crippen LogP contribution in [0.25, 0.3) is 0 Å². The van der Waals surface area contributed by atoms with Crippen LogP contribution in [0.4, 0.5) is 0 Å². The van der Waals surface area contributed by atoms with Crippen molar-refractivity contribution in [3.05, 3.63) is 66.2 Å². The number of carbonyl (C=O) groups is 2. The molecule has 0 bridgehead atoms. The number of nitrogens with zero attached hydrogens (tertiary/aromatic N) is 1. The molecule has 0 saturated carbocycles. The first kappa shape index (κ1) is 27.6. The van der Waals surface area contributed by atoms with E-state index in [-0.39, 0.29) is 25.1 Å². The summed E-state index contributed by atoms with van der Waals surface area (Å²) in [7, 11) is -3.87. The Morgan fingerprint density at radius 3 is 2.12 bits per heavy atom. The van der Waals surface area contributed by atoms with Gasteiger partial charge >= 0.3 is 13.5 Å². The maximum Gasteiger partial charge on any atom is 0.346 e. The van der Waals surface area contributed by atoms with E-state index in [0.29, 0.717) is 18.6 Å². The second-order valence-corrected chi connectivity index (χ2v) is 11.0. The third-order valence-electron chi connectivity index (χ3n) is 5.22. The lowest BCUT2D eigenvalue weighted by Crippen LogP contribution is -2.52. The molecule has 0 aliphatic heterocycles. The average molecular weight is 489 g/mol. The maximum absolute atomic E-state index is 14.5. The summed E-state index contributed by atoms with van der Waals surface area (Å²) in [6.45, 7) is 7.59. The smallest absolute Gasteiger partial charge is 0.346 e. The highest BCUT2D eigenvalue weighted by molar-refractivity contribution is 7.57. The van der Waals surface area contributed by atoms with Crippen molar-refractivity contribution in [1.82, 2.24) is 4.67 Å². The second-order valence-electron chi connectivity index (χ2n) is 8.64. The van der Waals surface area contributed by atoms with E-state index >= 15 is 0 Å². The van der Waals surface area contributed by atoms with E-state index in [4.69, 9.17) is 15.0 Å². The van der Waals surface area contributed by atoms with Crippen molar-refractivity contribution < 1.29 is 23.4 Å². The Balaban J connectivity index is 2.61. The van der Waals surface area contributed by atoms with E-state index in [2.05, 4.69) is 0 Å². The summed E-state index contributed by atoms with van der Waals surface area (Å²) >= 11 is 0. The van der Waals surface area contributed by atoms with Gasteiger partial charge in [-0.1, -0.05) is 69.3 Å². The van der Waals surface area contributed by atoms with Crippen LogP contribution < -0.4 is 10.3 Å². The molecule has 186 valence electrons. The van der Waals surface area contributed by atoms with Crippen molar-refractivity contribution in [2.45, 2.75) is 59.0 Å². The first-order chi connectivity index (χ1) is 16.2. The molecule has 0 aromatic heterocycles. The molecule has 3 atom stereocenters. The van der Waals surface area contributed by atoms with Crippen molar-refractivity contribution in [2.24, 2.45) is 11.7 Å². The molecule has 0 heterocycles. The van der Waals surface area contributed by atoms with Gasteiger partial charge in [0, 0.05) is 6.42 Å². The fraction of sp³-hybridized carbons (Fsp3) is 0.462. The van der Waals surface area contributed by atoms with Gasteiger partial charge in [0.25, 0.3) is 0 Å². The molecule has 8 heteroatoms. The number of carbonyl (C=O) groups excluding carboxylic acids is 2. The van der Waals surface area contributed by atoms with Gasteiger partial charge in [0.1, 0.15) is 11.8 Å². The van der Waals surface area contributed by atoms with Crippen molar-refractivity contribution in [2.75, 3.05) is 12.8 Å². The van der Waals surface area contributed by atoms with Crippen LogP contribution in [0.5, 0.6) is 5.75 Å². The van der Waals surface area contributed by atoms with Crippen LogP contribution in [0.1, 0.15) is 46.1 Å². The Labute approximate surface area is 203 Å². The molecule has 0 fully saturated rings. The summed E-state index contributed by atoms with van der Waals surface area (Å²) in [6, 6.07) is 15.9. The van der Waals surface area contributed by atoms with Crippen molar-refractivity contribution in [1.29, 1.82) is 0 Å². The average Bonchev–Trinajstić information content (AvgIpc) is 2.79. The van der Waals surface area contributed by atoms with E-state index in [9.17, 15) is 14.2 Å². The van der Waals surface area contributed by atoms with Gasteiger partial charge in [-0.15, -0.1) is 0 Å². The highest BCUT2D eigenvalue weighted by Gasteiger charge is 2.46. The van der Waals surface area contributed by atoms with E-state index in [0.717, 1.165) is 10.2 Å². The number of nitrogens with two attached hydrogens (primary N) is 1. The molecule has 0 spiro atoms. The Bertz CT molecular complexity index is 952. The first-order valence-corrected chi connectivity index (χ1v) is 13.6. The number of hydrogen-bond donors (Lipinski definition) is 1. The predicted molar refractivity (Wildman–Crippen MR) is 135 cm³/mol. The number of ether oxygens (including phenoxy) is 1. The topological polar surface area (TPSA) is 98.9 Å². The molecule has 7 nitrogen and oxygen atoms in total. The van der Waals surface area contributed by atoms with Crippen LogP contribution >= 0.6 is 7.52 Å². The molecule has 2 rings (SSSR count). The lowest BCUT2D eigenvalue weighted by atomic mass is 10.0. The standard InChI is InChI=1S/C26H37N2O5P/c1-5-17-34(31,33-22-15-11-8-12-16-22)28(25(29)23(27)18-20(3)4)24(26(30)32-6-2)19-21-13-9-7-10-14-21/h7-16,20,23-24H,5-6,17-19,27H2,1-4H3/t23-,24-,34?/m0/s1. The molecule has 0 aliphatic rings. The maximum atomic E-state index is 14.5. The fourth-order valence-corrected chi connectivity index (χ4v) is 6.23. The van der Waals surface area contributed by atoms with Crippen molar-refractivity contribution in [3.8, 4) is 5.75 Å². The van der Waals surface area contributed by atoms with Gasteiger partial charge in [-0.05, 0) is 43.4 Å². The number of hydrogen-bond acceptors (Lipinski definition) is 6. The largest absolute Gasteiger partial charge is 0.464 e. The van der Waals surface area contributed by atoms with Crippen LogP contribution in [0.15, 0.2) is 60.7 Å². The SMILES string of the molecule is CCCP(=O)(Oc1ccccc1)N(C(=O)[C@@H](N)CC(C)C)[C@@H](Cc1ccccc1)C(=O)OCC. The number of benzene rings is 2. The van der Waals surface area contributed by atoms with Crippen LogP contribution in [0, 0.1) is 5.92 Å². The normalized spacial score (nSPS) is 14.6. The summed E-state index contributed by atoms with van der Waals surface area (Å²) in [5.74, 6) is -0.715. The van der Waals surface area contributed by atoms with Gasteiger partial charge in [-0.25, -0.2) is 9.46 Å². The van der Waals surface area contributed by atoms with Gasteiger partial charge < -0.3 is 15.0 Å². The van der Waals surface area contributed by atoms with Crippen molar-refractivity contribution in [3.63, 3.8) is 0 Å². The molecule has 2 aromatic rings. The number of rotatable bonds is 13. The molecule has 34 heavy (non-hydrogen) atoms. The minimum absolute atomic E-state index is 0.0761. The minimum Gasteiger partial charge on any atom is -0.464 e. The minimum atomic E-state index is -3.87. The fourth-order valence-electron chi connectivity index (χ4n) is 3.77. The zero-order valence-electron chi connectivity index (χ0n) is 20.6. The van der Waals surface area contributed by atoms with Gasteiger partial charge in [-0.2, -0.15) is 0 Å². The van der Waals surface area contributed by atoms with Crippen LogP contribution in [-0.4, -0.2) is 41.4 Å². The van der Waals surface area contributed by atoms with Crippen LogP contribution in [-0.2, 0) is 25.3 Å². The summed E-state index contributed by atoms with van der Waals surface area (Å²) in [5.41, 5.74) is 7.09. The number of amides is 1. The lowest BCUT2D eigenvalue weighted by molar-refractivity contribution is -0.151. The van der Waals surface area contributed by atoms with Gasteiger partial charge in [0.15, 0.2) is 0 Å². The Morgan fingerprint density at radius 2 is 1.59 bits per heavy atom. The molecule has 2 aromatic carbocycles. The van der Waals surface area contributed by atoms with Gasteiger partial charge in [0.05, 0.1) is 18.8 Å². The lowest BCUT2D eigenvalue weighted by Gasteiger charge is -2.37. The predicted octanol–water partition coefficient (Wildman–Crippen LogP) is 5.04. The summed E-state index contributed by atoms with van der Waals surface area (Å²) < 4.78 is 27.0. The van der Waals surface area contributed by atoms with E-state index in [1.165, 1.54) is 0 Å². The third kappa shape index (κ3) is 7.71. The van der Waals surface area contributed by atoms with Gasteiger partial charge in [0.2, 0.25) is 5.91 Å². The monoisotopic (exact) mass is 488 g/mol. The first-order valence-electron chi connectivity index (χ1n) is 11.8. The summed E-state index contributed by atoms with van der Waals surface area (Å²) in [5, 5.41) is 0. The molecular weight excluding hydrogens is 451 g/mol. The second kappa shape index (κ2) is 13.3. The Hall–Kier alpha value is -2.63. The molecule has 1 unspecified atom stereocenters. The zero-order valence-corrected chi connectivity index (χ0v) is 21.4. The molecule has 0 aliphatic carbocycles. The Morgan fingerprint density at radius 1 is 1.00 bits per heavy atom. The highest BCUT2D eigenvalue weighted by atomic mass is 31.2. The summed E-state index contributed by atoms with van der Waals surface area (Å²) in [6.07, 6.45) is 1.07. The summed E-state index contributed by atoms with van der Waals surface area (Å²) in [4.78, 5) is 27.0. The van der Waals surface area contributed by atoms with E-state index < -0.39 is 31.5 Å². The molecule has 1 amide bonds. The van der Waals surface area contributed by atoms with Crippen LogP contribution in [0.2, 0.25) is 0 Å². The van der Waals surface area contributed by atoms with E-state index in [1.807, 2.05) is 57.2 Å². The molecule has 2 N–H and O–H groups in total. The number of esters is 1. The third-order valence-corrected chi connectivity index (χ3v) is 7.86.